The highest BCUT2D eigenvalue weighted by Gasteiger charge is 2.02. The zero-order valence-corrected chi connectivity index (χ0v) is 9.88. The first-order valence-corrected chi connectivity index (χ1v) is 5.57. The smallest absolute Gasteiger partial charge is 0.129 e. The third-order valence-corrected chi connectivity index (χ3v) is 1.98. The van der Waals surface area contributed by atoms with Crippen LogP contribution in [0.1, 0.15) is 32.1 Å². The largest absolute Gasteiger partial charge is 0.467 e. The zero-order chi connectivity index (χ0) is 11.1. The van der Waals surface area contributed by atoms with Crippen LogP contribution in [-0.4, -0.2) is 13.2 Å². The molecule has 1 aromatic rings. The molecule has 3 nitrogen and oxygen atoms in total. The van der Waals surface area contributed by atoms with Gasteiger partial charge in [0.05, 0.1) is 6.26 Å². The van der Waals surface area contributed by atoms with E-state index < -0.39 is 0 Å². The maximum Gasteiger partial charge on any atom is 0.129 e. The van der Waals surface area contributed by atoms with Gasteiger partial charge in [0.25, 0.3) is 0 Å². The van der Waals surface area contributed by atoms with E-state index in [9.17, 15) is 0 Å². The summed E-state index contributed by atoms with van der Waals surface area (Å²) < 4.78 is 10.9. The van der Waals surface area contributed by atoms with Crippen LogP contribution in [0.25, 0.3) is 0 Å². The highest BCUT2D eigenvalue weighted by molar-refractivity contribution is 5.11. The number of rotatable bonds is 7. The molecule has 0 unspecified atom stereocenters. The van der Waals surface area contributed by atoms with E-state index in [4.69, 9.17) is 9.15 Å². The van der Waals surface area contributed by atoms with Crippen LogP contribution in [-0.2, 0) is 17.9 Å². The molecule has 0 aromatic carbocycles. The summed E-state index contributed by atoms with van der Waals surface area (Å²) >= 11 is 0. The minimum absolute atomic E-state index is 0.571. The summed E-state index contributed by atoms with van der Waals surface area (Å²) in [5.74, 6) is 1.48. The molecule has 0 fully saturated rings. The first kappa shape index (κ1) is 12.3. The Morgan fingerprint density at radius 1 is 1.47 bits per heavy atom. The molecule has 1 heterocycles. The number of furan rings is 1. The van der Waals surface area contributed by atoms with E-state index >= 15 is 0 Å². The lowest BCUT2D eigenvalue weighted by molar-refractivity contribution is 0.0846. The number of ether oxygens (including phenoxy) is 1. The molecule has 0 radical (unpaired) electrons. The fourth-order valence-corrected chi connectivity index (χ4v) is 1.26. The third-order valence-electron chi connectivity index (χ3n) is 1.98. The Kier molecular flexibility index (Phi) is 5.43. The molecule has 0 saturated heterocycles. The molecule has 0 spiro atoms. The van der Waals surface area contributed by atoms with Crippen molar-refractivity contribution in [2.24, 2.45) is 5.92 Å². The first-order chi connectivity index (χ1) is 7.22. The Bertz CT molecular complexity index is 268. The van der Waals surface area contributed by atoms with Crippen molar-refractivity contribution in [2.75, 3.05) is 13.2 Å². The Morgan fingerprint density at radius 3 is 2.93 bits per heavy atom. The second kappa shape index (κ2) is 6.64. The summed E-state index contributed by atoms with van der Waals surface area (Å²) in [6.07, 6.45) is 1.79. The van der Waals surface area contributed by atoms with E-state index in [1.807, 2.05) is 6.07 Å². The second-order valence-electron chi connectivity index (χ2n) is 4.11. The van der Waals surface area contributed by atoms with E-state index in [-0.39, 0.29) is 0 Å². The van der Waals surface area contributed by atoms with E-state index in [2.05, 4.69) is 26.1 Å². The Labute approximate surface area is 91.8 Å². The summed E-state index contributed by atoms with van der Waals surface area (Å²) in [6.45, 7) is 9.56. The van der Waals surface area contributed by atoms with Crippen LogP contribution < -0.4 is 5.32 Å². The van der Waals surface area contributed by atoms with Gasteiger partial charge in [-0.05, 0) is 18.5 Å². The molecule has 1 aromatic heterocycles. The third kappa shape index (κ3) is 5.00. The van der Waals surface area contributed by atoms with E-state index in [1.165, 1.54) is 5.56 Å². The molecule has 1 rings (SSSR count). The van der Waals surface area contributed by atoms with Gasteiger partial charge in [0.2, 0.25) is 0 Å². The van der Waals surface area contributed by atoms with Crippen molar-refractivity contribution in [3.8, 4) is 0 Å². The SMILES string of the molecule is CCNCc1coc(COCC(C)C)c1. The van der Waals surface area contributed by atoms with Crippen LogP contribution in [0, 0.1) is 5.92 Å². The predicted octanol–water partition coefficient (Wildman–Crippen LogP) is 2.56. The standard InChI is InChI=1S/C12H21NO2/c1-4-13-6-11-5-12(15-8-11)9-14-7-10(2)3/h5,8,10,13H,4,6-7,9H2,1-3H3. The molecule has 15 heavy (non-hydrogen) atoms. The van der Waals surface area contributed by atoms with Crippen LogP contribution in [0.2, 0.25) is 0 Å². The Balaban J connectivity index is 2.26. The minimum Gasteiger partial charge on any atom is -0.467 e. The van der Waals surface area contributed by atoms with Crippen molar-refractivity contribution < 1.29 is 9.15 Å². The van der Waals surface area contributed by atoms with Crippen molar-refractivity contribution in [2.45, 2.75) is 33.9 Å². The average molecular weight is 211 g/mol. The highest BCUT2D eigenvalue weighted by Crippen LogP contribution is 2.09. The monoisotopic (exact) mass is 211 g/mol. The van der Waals surface area contributed by atoms with Gasteiger partial charge in [0, 0.05) is 18.7 Å². The lowest BCUT2D eigenvalue weighted by Crippen LogP contribution is -2.10. The molecule has 0 aliphatic heterocycles. The van der Waals surface area contributed by atoms with Gasteiger partial charge in [-0.25, -0.2) is 0 Å². The number of nitrogens with one attached hydrogen (secondary N) is 1. The Morgan fingerprint density at radius 2 is 2.27 bits per heavy atom. The Hall–Kier alpha value is -0.800. The van der Waals surface area contributed by atoms with Gasteiger partial charge in [-0.2, -0.15) is 0 Å². The van der Waals surface area contributed by atoms with Gasteiger partial charge in [0.1, 0.15) is 12.4 Å². The summed E-state index contributed by atoms with van der Waals surface area (Å²) in [6, 6.07) is 2.04. The fourth-order valence-electron chi connectivity index (χ4n) is 1.26. The van der Waals surface area contributed by atoms with E-state index in [0.29, 0.717) is 12.5 Å². The summed E-state index contributed by atoms with van der Waals surface area (Å²) in [5, 5.41) is 3.25. The van der Waals surface area contributed by atoms with Crippen LogP contribution in [0.5, 0.6) is 0 Å². The summed E-state index contributed by atoms with van der Waals surface area (Å²) in [7, 11) is 0. The lowest BCUT2D eigenvalue weighted by Gasteiger charge is -2.03. The van der Waals surface area contributed by atoms with Gasteiger partial charge in [0.15, 0.2) is 0 Å². The molecule has 0 amide bonds. The predicted molar refractivity (Wildman–Crippen MR) is 60.6 cm³/mol. The molecule has 0 atom stereocenters. The maximum absolute atomic E-state index is 5.48. The van der Waals surface area contributed by atoms with Crippen molar-refractivity contribution in [1.82, 2.24) is 5.32 Å². The van der Waals surface area contributed by atoms with Crippen molar-refractivity contribution in [1.29, 1.82) is 0 Å². The zero-order valence-electron chi connectivity index (χ0n) is 9.88. The molecule has 1 N–H and O–H groups in total. The van der Waals surface area contributed by atoms with Gasteiger partial charge in [-0.15, -0.1) is 0 Å². The fraction of sp³-hybridized carbons (Fsp3) is 0.667. The first-order valence-electron chi connectivity index (χ1n) is 5.57. The topological polar surface area (TPSA) is 34.4 Å². The van der Waals surface area contributed by atoms with Crippen LogP contribution in [0.3, 0.4) is 0 Å². The highest BCUT2D eigenvalue weighted by atomic mass is 16.5. The number of hydrogen-bond donors (Lipinski definition) is 1. The van der Waals surface area contributed by atoms with Crippen LogP contribution >= 0.6 is 0 Å². The maximum atomic E-state index is 5.48. The minimum atomic E-state index is 0.571. The lowest BCUT2D eigenvalue weighted by atomic mass is 10.2. The number of hydrogen-bond acceptors (Lipinski definition) is 3. The molecular formula is C12H21NO2. The van der Waals surface area contributed by atoms with Gasteiger partial charge in [-0.3, -0.25) is 0 Å². The summed E-state index contributed by atoms with van der Waals surface area (Å²) in [4.78, 5) is 0. The summed E-state index contributed by atoms with van der Waals surface area (Å²) in [5.41, 5.74) is 1.18. The van der Waals surface area contributed by atoms with Gasteiger partial charge in [-0.1, -0.05) is 20.8 Å². The van der Waals surface area contributed by atoms with Crippen molar-refractivity contribution >= 4 is 0 Å². The molecule has 86 valence electrons. The molecule has 0 bridgehead atoms. The van der Waals surface area contributed by atoms with Crippen molar-refractivity contribution in [3.05, 3.63) is 23.7 Å². The van der Waals surface area contributed by atoms with Gasteiger partial charge < -0.3 is 14.5 Å². The molecule has 3 heteroatoms. The van der Waals surface area contributed by atoms with E-state index in [0.717, 1.165) is 25.5 Å². The van der Waals surface area contributed by atoms with Crippen LogP contribution in [0.15, 0.2) is 16.7 Å². The second-order valence-corrected chi connectivity index (χ2v) is 4.11. The van der Waals surface area contributed by atoms with E-state index in [1.54, 1.807) is 6.26 Å². The van der Waals surface area contributed by atoms with Crippen molar-refractivity contribution in [3.63, 3.8) is 0 Å². The quantitative estimate of drug-likeness (QED) is 0.752. The average Bonchev–Trinajstić information content (AvgIpc) is 2.62. The van der Waals surface area contributed by atoms with Gasteiger partial charge >= 0.3 is 0 Å². The van der Waals surface area contributed by atoms with Crippen LogP contribution in [0.4, 0.5) is 0 Å². The molecular weight excluding hydrogens is 190 g/mol. The molecule has 0 aliphatic carbocycles. The molecule has 0 saturated carbocycles. The normalized spacial score (nSPS) is 11.2. The molecule has 0 aliphatic rings.